The van der Waals surface area contributed by atoms with Crippen molar-refractivity contribution >= 4 is 11.8 Å². The molecule has 0 nitrogen and oxygen atoms in total. The van der Waals surface area contributed by atoms with E-state index in [-0.39, 0.29) is 0 Å². The molecule has 3 atom stereocenters. The van der Waals surface area contributed by atoms with Crippen LogP contribution in [-0.4, -0.2) is 5.25 Å². The molecule has 0 bridgehead atoms. The lowest BCUT2D eigenvalue weighted by atomic mass is 9.75. The van der Waals surface area contributed by atoms with E-state index in [1.54, 1.807) is 16.7 Å². The smallest absolute Gasteiger partial charge is 0.0277 e. The summed E-state index contributed by atoms with van der Waals surface area (Å²) in [5.74, 6) is 2.05. The van der Waals surface area contributed by atoms with Crippen LogP contribution in [0.4, 0.5) is 0 Å². The lowest BCUT2D eigenvalue weighted by Crippen LogP contribution is -2.15. The number of benzene rings is 1. The molecular formula is C20H32S. The van der Waals surface area contributed by atoms with E-state index in [0.29, 0.717) is 17.1 Å². The number of fused-ring (bicyclic) bond motifs is 1. The van der Waals surface area contributed by atoms with Gasteiger partial charge in [-0.15, -0.1) is 0 Å². The topological polar surface area (TPSA) is 0 Å². The third kappa shape index (κ3) is 3.18. The van der Waals surface area contributed by atoms with Crippen molar-refractivity contribution in [3.05, 3.63) is 33.9 Å². The molecule has 0 fully saturated rings. The molecule has 118 valence electrons. The third-order valence-corrected chi connectivity index (χ3v) is 6.50. The highest BCUT2D eigenvalue weighted by atomic mass is 32.2. The Balaban J connectivity index is 2.77. The minimum absolute atomic E-state index is 0.616. The van der Waals surface area contributed by atoms with Gasteiger partial charge in [0.2, 0.25) is 0 Å². The maximum atomic E-state index is 2.47. The van der Waals surface area contributed by atoms with E-state index >= 15 is 0 Å². The van der Waals surface area contributed by atoms with Crippen LogP contribution in [0.5, 0.6) is 0 Å². The molecule has 0 saturated carbocycles. The predicted molar refractivity (Wildman–Crippen MR) is 97.7 cm³/mol. The van der Waals surface area contributed by atoms with Gasteiger partial charge < -0.3 is 0 Å². The second-order valence-electron chi connectivity index (χ2n) is 7.56. The van der Waals surface area contributed by atoms with Gasteiger partial charge in [0.05, 0.1) is 0 Å². The molecular weight excluding hydrogens is 272 g/mol. The lowest BCUT2D eigenvalue weighted by molar-refractivity contribution is 0.463. The van der Waals surface area contributed by atoms with E-state index in [2.05, 4.69) is 73.2 Å². The van der Waals surface area contributed by atoms with Crippen molar-refractivity contribution in [1.82, 2.24) is 0 Å². The van der Waals surface area contributed by atoms with Crippen LogP contribution in [0, 0.1) is 19.8 Å². The Hall–Kier alpha value is -0.430. The van der Waals surface area contributed by atoms with Crippen LogP contribution in [0.1, 0.15) is 92.9 Å². The first-order valence-electron chi connectivity index (χ1n) is 8.53. The molecule has 0 spiro atoms. The highest BCUT2D eigenvalue weighted by Crippen LogP contribution is 2.50. The molecule has 0 amide bonds. The fourth-order valence-electron chi connectivity index (χ4n) is 3.96. The molecule has 1 aliphatic rings. The van der Waals surface area contributed by atoms with Crippen molar-refractivity contribution in [3.63, 3.8) is 0 Å². The summed E-state index contributed by atoms with van der Waals surface area (Å²) in [6.07, 6.45) is 1.32. The Labute approximate surface area is 136 Å². The lowest BCUT2D eigenvalue weighted by Gasteiger charge is -2.29. The Kier molecular flexibility index (Phi) is 5.13. The monoisotopic (exact) mass is 304 g/mol. The molecule has 0 radical (unpaired) electrons. The SMILES string of the molecule is Cc1cc(C(C)C)c2c(c1C)[C@@H](C)S[C@@H](C)CC2C(C)C. The molecule has 0 saturated heterocycles. The van der Waals surface area contributed by atoms with Gasteiger partial charge in [0.1, 0.15) is 0 Å². The van der Waals surface area contributed by atoms with Crippen LogP contribution >= 0.6 is 11.8 Å². The zero-order valence-electron chi connectivity index (χ0n) is 15.1. The highest BCUT2D eigenvalue weighted by molar-refractivity contribution is 8.00. The van der Waals surface area contributed by atoms with Gasteiger partial charge in [-0.05, 0) is 72.8 Å². The molecule has 1 unspecified atom stereocenters. The largest absolute Gasteiger partial charge is 0.151 e. The Bertz CT molecular complexity index is 513. The highest BCUT2D eigenvalue weighted by Gasteiger charge is 2.32. The first-order valence-corrected chi connectivity index (χ1v) is 9.47. The molecule has 1 aromatic rings. The maximum Gasteiger partial charge on any atom is 0.0277 e. The minimum atomic E-state index is 0.616. The zero-order valence-corrected chi connectivity index (χ0v) is 15.9. The molecule has 1 aliphatic heterocycles. The number of aryl methyl sites for hydroxylation is 1. The number of thioether (sulfide) groups is 1. The van der Waals surface area contributed by atoms with Gasteiger partial charge in [0, 0.05) is 10.5 Å². The summed E-state index contributed by atoms with van der Waals surface area (Å²) in [5.41, 5.74) is 7.98. The molecule has 1 heterocycles. The first-order chi connectivity index (χ1) is 9.73. The van der Waals surface area contributed by atoms with Gasteiger partial charge in [-0.1, -0.05) is 40.7 Å². The molecule has 1 aromatic carbocycles. The maximum absolute atomic E-state index is 2.47. The van der Waals surface area contributed by atoms with Crippen LogP contribution < -0.4 is 0 Å². The average molecular weight is 305 g/mol. The fraction of sp³-hybridized carbons (Fsp3) is 0.700. The fourth-order valence-corrected chi connectivity index (χ4v) is 5.41. The number of rotatable bonds is 2. The summed E-state index contributed by atoms with van der Waals surface area (Å²) in [6, 6.07) is 2.47. The van der Waals surface area contributed by atoms with Crippen LogP contribution in [-0.2, 0) is 0 Å². The van der Waals surface area contributed by atoms with Crippen molar-refractivity contribution < 1.29 is 0 Å². The van der Waals surface area contributed by atoms with E-state index in [1.807, 2.05) is 0 Å². The van der Waals surface area contributed by atoms with E-state index in [9.17, 15) is 0 Å². The van der Waals surface area contributed by atoms with Crippen LogP contribution in [0.25, 0.3) is 0 Å². The molecule has 21 heavy (non-hydrogen) atoms. The Morgan fingerprint density at radius 3 is 2.19 bits per heavy atom. The van der Waals surface area contributed by atoms with E-state index < -0.39 is 0 Å². The minimum Gasteiger partial charge on any atom is -0.151 e. The Morgan fingerprint density at radius 1 is 1.05 bits per heavy atom. The third-order valence-electron chi connectivity index (χ3n) is 5.20. The molecule has 0 N–H and O–H groups in total. The normalized spacial score (nSPS) is 26.1. The van der Waals surface area contributed by atoms with Crippen molar-refractivity contribution in [3.8, 4) is 0 Å². The number of hydrogen-bond acceptors (Lipinski definition) is 1. The molecule has 0 aliphatic carbocycles. The van der Waals surface area contributed by atoms with Gasteiger partial charge in [-0.3, -0.25) is 0 Å². The van der Waals surface area contributed by atoms with E-state index in [4.69, 9.17) is 0 Å². The van der Waals surface area contributed by atoms with E-state index in [0.717, 1.165) is 11.2 Å². The van der Waals surface area contributed by atoms with Crippen molar-refractivity contribution in [2.45, 2.75) is 84.1 Å². The Morgan fingerprint density at radius 2 is 1.67 bits per heavy atom. The second kappa shape index (κ2) is 6.36. The van der Waals surface area contributed by atoms with Gasteiger partial charge in [-0.2, -0.15) is 11.8 Å². The van der Waals surface area contributed by atoms with Crippen molar-refractivity contribution in [2.75, 3.05) is 0 Å². The summed E-state index contributed by atoms with van der Waals surface area (Å²) in [5, 5.41) is 1.37. The van der Waals surface area contributed by atoms with Gasteiger partial charge in [0.15, 0.2) is 0 Å². The van der Waals surface area contributed by atoms with Gasteiger partial charge >= 0.3 is 0 Å². The van der Waals surface area contributed by atoms with Crippen LogP contribution in [0.3, 0.4) is 0 Å². The summed E-state index contributed by atoms with van der Waals surface area (Å²) >= 11 is 2.17. The summed E-state index contributed by atoms with van der Waals surface area (Å²) in [6.45, 7) is 19.0. The quantitative estimate of drug-likeness (QED) is 0.582. The second-order valence-corrected chi connectivity index (χ2v) is 9.35. The van der Waals surface area contributed by atoms with Crippen LogP contribution in [0.15, 0.2) is 6.07 Å². The summed E-state index contributed by atoms with van der Waals surface area (Å²) in [4.78, 5) is 0. The molecule has 0 aromatic heterocycles. The van der Waals surface area contributed by atoms with Gasteiger partial charge in [-0.25, -0.2) is 0 Å². The average Bonchev–Trinajstić information content (AvgIpc) is 2.50. The van der Waals surface area contributed by atoms with Gasteiger partial charge in [0.25, 0.3) is 0 Å². The summed E-state index contributed by atoms with van der Waals surface area (Å²) in [7, 11) is 0. The molecule has 1 heteroatoms. The zero-order chi connectivity index (χ0) is 15.9. The van der Waals surface area contributed by atoms with Crippen molar-refractivity contribution in [1.29, 1.82) is 0 Å². The predicted octanol–water partition coefficient (Wildman–Crippen LogP) is 6.75. The van der Waals surface area contributed by atoms with Crippen molar-refractivity contribution in [2.24, 2.45) is 5.92 Å². The number of hydrogen-bond donors (Lipinski definition) is 0. The first kappa shape index (κ1) is 16.9. The standard InChI is InChI=1S/C20H32S/c1-11(2)17-9-13(5)15(7)19-16(8)21-14(6)10-18(12(3)4)20(17)19/h9,11-12,14,16,18H,10H2,1-8H3/t14-,16+,18?/m0/s1. The van der Waals surface area contributed by atoms with E-state index in [1.165, 1.54) is 17.5 Å². The molecule has 2 rings (SSSR count). The summed E-state index contributed by atoms with van der Waals surface area (Å²) < 4.78 is 0. The van der Waals surface area contributed by atoms with Crippen LogP contribution in [0.2, 0.25) is 0 Å².